The smallest absolute Gasteiger partial charge is 0.270 e. The summed E-state index contributed by atoms with van der Waals surface area (Å²) in [6, 6.07) is 5.31. The average Bonchev–Trinajstić information content (AvgIpc) is 2.82. The highest BCUT2D eigenvalue weighted by Gasteiger charge is 2.18. The van der Waals surface area contributed by atoms with Gasteiger partial charge in [0.25, 0.3) is 5.69 Å². The van der Waals surface area contributed by atoms with Crippen LogP contribution >= 0.6 is 0 Å². The Bertz CT molecular complexity index is 587. The summed E-state index contributed by atoms with van der Waals surface area (Å²) in [5, 5.41) is 19.3. The van der Waals surface area contributed by atoms with Gasteiger partial charge in [0, 0.05) is 17.5 Å². The van der Waals surface area contributed by atoms with Crippen LogP contribution in [0.25, 0.3) is 10.9 Å². The second-order valence-electron chi connectivity index (χ2n) is 4.57. The lowest BCUT2D eigenvalue weighted by molar-refractivity contribution is -0.384. The van der Waals surface area contributed by atoms with Gasteiger partial charge in [0.15, 0.2) is 0 Å². The number of nitrogens with one attached hydrogen (secondary N) is 1. The molecule has 1 aromatic carbocycles. The number of non-ortho nitro benzene ring substituents is 1. The van der Waals surface area contributed by atoms with Crippen LogP contribution in [0.3, 0.4) is 0 Å². The molecule has 1 aliphatic heterocycles. The van der Waals surface area contributed by atoms with Crippen molar-refractivity contribution in [2.75, 3.05) is 13.1 Å². The molecule has 18 heavy (non-hydrogen) atoms. The number of benzene rings is 1. The maximum absolute atomic E-state index is 10.7. The zero-order valence-corrected chi connectivity index (χ0v) is 9.87. The fourth-order valence-electron chi connectivity index (χ4n) is 2.50. The van der Waals surface area contributed by atoms with Gasteiger partial charge in [-0.1, -0.05) is 0 Å². The van der Waals surface area contributed by atoms with Crippen molar-refractivity contribution in [3.63, 3.8) is 0 Å². The van der Waals surface area contributed by atoms with E-state index >= 15 is 0 Å². The number of piperidine rings is 1. The van der Waals surface area contributed by atoms with Gasteiger partial charge >= 0.3 is 0 Å². The fraction of sp³-hybridized carbons (Fsp3) is 0.417. The zero-order chi connectivity index (χ0) is 12.5. The molecule has 0 unspecified atom stereocenters. The molecule has 1 aliphatic rings. The molecule has 0 atom stereocenters. The largest absolute Gasteiger partial charge is 0.317 e. The maximum atomic E-state index is 10.7. The normalized spacial score (nSPS) is 17.1. The van der Waals surface area contributed by atoms with E-state index in [1.807, 2.05) is 4.68 Å². The van der Waals surface area contributed by atoms with E-state index in [1.165, 1.54) is 0 Å². The van der Waals surface area contributed by atoms with E-state index < -0.39 is 0 Å². The Balaban J connectivity index is 2.01. The highest BCUT2D eigenvalue weighted by molar-refractivity contribution is 5.81. The quantitative estimate of drug-likeness (QED) is 0.648. The van der Waals surface area contributed by atoms with Crippen molar-refractivity contribution in [1.82, 2.24) is 15.1 Å². The summed E-state index contributed by atoms with van der Waals surface area (Å²) in [7, 11) is 0. The van der Waals surface area contributed by atoms with E-state index in [9.17, 15) is 10.1 Å². The van der Waals surface area contributed by atoms with Gasteiger partial charge in [0.1, 0.15) is 0 Å². The Morgan fingerprint density at radius 2 is 2.17 bits per heavy atom. The number of hydrogen-bond acceptors (Lipinski definition) is 4. The average molecular weight is 246 g/mol. The third-order valence-corrected chi connectivity index (χ3v) is 3.44. The number of nitro groups is 1. The molecule has 0 aliphatic carbocycles. The van der Waals surface area contributed by atoms with Gasteiger partial charge < -0.3 is 5.32 Å². The topological polar surface area (TPSA) is 73.0 Å². The van der Waals surface area contributed by atoms with E-state index in [1.54, 1.807) is 24.4 Å². The molecule has 6 heteroatoms. The molecule has 94 valence electrons. The summed E-state index contributed by atoms with van der Waals surface area (Å²) in [4.78, 5) is 10.3. The Morgan fingerprint density at radius 1 is 1.39 bits per heavy atom. The molecule has 0 spiro atoms. The standard InChI is InChI=1S/C12H14N4O2/c17-16(18)11-1-2-12-9(7-11)8-14-15(12)10-3-5-13-6-4-10/h1-2,7-8,10,13H,3-6H2. The molecule has 1 saturated heterocycles. The summed E-state index contributed by atoms with van der Waals surface area (Å²) in [6.45, 7) is 2.00. The van der Waals surface area contributed by atoms with Crippen molar-refractivity contribution in [2.24, 2.45) is 0 Å². The van der Waals surface area contributed by atoms with Crippen LogP contribution in [0.15, 0.2) is 24.4 Å². The van der Waals surface area contributed by atoms with Crippen molar-refractivity contribution in [3.8, 4) is 0 Å². The molecule has 2 heterocycles. The molecule has 0 amide bonds. The van der Waals surface area contributed by atoms with E-state index in [0.29, 0.717) is 6.04 Å². The van der Waals surface area contributed by atoms with E-state index in [4.69, 9.17) is 0 Å². The zero-order valence-electron chi connectivity index (χ0n) is 9.87. The summed E-state index contributed by atoms with van der Waals surface area (Å²) in [5.41, 5.74) is 1.10. The van der Waals surface area contributed by atoms with Crippen LogP contribution in [-0.4, -0.2) is 27.8 Å². The lowest BCUT2D eigenvalue weighted by Gasteiger charge is -2.23. The summed E-state index contributed by atoms with van der Waals surface area (Å²) >= 11 is 0. The van der Waals surface area contributed by atoms with Gasteiger partial charge in [0.2, 0.25) is 0 Å². The number of fused-ring (bicyclic) bond motifs is 1. The molecule has 0 bridgehead atoms. The van der Waals surface area contributed by atoms with Gasteiger partial charge in [-0.3, -0.25) is 14.8 Å². The van der Waals surface area contributed by atoms with Crippen molar-refractivity contribution < 1.29 is 4.92 Å². The van der Waals surface area contributed by atoms with Crippen LogP contribution in [0, 0.1) is 10.1 Å². The highest BCUT2D eigenvalue weighted by Crippen LogP contribution is 2.26. The first-order valence-electron chi connectivity index (χ1n) is 6.08. The third-order valence-electron chi connectivity index (χ3n) is 3.44. The molecular weight excluding hydrogens is 232 g/mol. The van der Waals surface area contributed by atoms with Crippen molar-refractivity contribution in [2.45, 2.75) is 18.9 Å². The van der Waals surface area contributed by atoms with Crippen LogP contribution in [0.5, 0.6) is 0 Å². The number of nitrogens with zero attached hydrogens (tertiary/aromatic N) is 3. The minimum absolute atomic E-state index is 0.118. The maximum Gasteiger partial charge on any atom is 0.270 e. The van der Waals surface area contributed by atoms with Crippen molar-refractivity contribution in [1.29, 1.82) is 0 Å². The number of aromatic nitrogens is 2. The third kappa shape index (κ3) is 1.84. The lowest BCUT2D eigenvalue weighted by atomic mass is 10.1. The molecular formula is C12H14N4O2. The van der Waals surface area contributed by atoms with E-state index in [0.717, 1.165) is 36.8 Å². The Morgan fingerprint density at radius 3 is 2.89 bits per heavy atom. The molecule has 1 aromatic heterocycles. The molecule has 0 saturated carbocycles. The highest BCUT2D eigenvalue weighted by atomic mass is 16.6. The van der Waals surface area contributed by atoms with Crippen LogP contribution in [0.2, 0.25) is 0 Å². The molecule has 1 fully saturated rings. The number of rotatable bonds is 2. The van der Waals surface area contributed by atoms with Gasteiger partial charge in [-0.05, 0) is 32.0 Å². The monoisotopic (exact) mass is 246 g/mol. The molecule has 1 N–H and O–H groups in total. The Kier molecular flexibility index (Phi) is 2.71. The SMILES string of the molecule is O=[N+]([O-])c1ccc2c(cnn2C2CCNCC2)c1. The van der Waals surface area contributed by atoms with Crippen LogP contribution in [0.1, 0.15) is 18.9 Å². The van der Waals surface area contributed by atoms with Crippen LogP contribution < -0.4 is 5.32 Å². The minimum atomic E-state index is -0.374. The molecule has 6 nitrogen and oxygen atoms in total. The first-order valence-corrected chi connectivity index (χ1v) is 6.08. The first-order chi connectivity index (χ1) is 8.75. The number of hydrogen-bond donors (Lipinski definition) is 1. The minimum Gasteiger partial charge on any atom is -0.317 e. The predicted molar refractivity (Wildman–Crippen MR) is 67.5 cm³/mol. The second-order valence-corrected chi connectivity index (χ2v) is 4.57. The fourth-order valence-corrected chi connectivity index (χ4v) is 2.50. The van der Waals surface area contributed by atoms with Gasteiger partial charge in [0.05, 0.1) is 22.7 Å². The summed E-state index contributed by atoms with van der Waals surface area (Å²) in [5.74, 6) is 0. The van der Waals surface area contributed by atoms with Crippen molar-refractivity contribution in [3.05, 3.63) is 34.5 Å². The van der Waals surface area contributed by atoms with Crippen LogP contribution in [-0.2, 0) is 0 Å². The Labute approximate surface area is 104 Å². The van der Waals surface area contributed by atoms with E-state index in [-0.39, 0.29) is 10.6 Å². The number of nitro benzene ring substituents is 1. The van der Waals surface area contributed by atoms with Gasteiger partial charge in [-0.2, -0.15) is 5.10 Å². The predicted octanol–water partition coefficient (Wildman–Crippen LogP) is 1.87. The molecule has 3 rings (SSSR count). The molecule has 0 radical (unpaired) electrons. The van der Waals surface area contributed by atoms with Gasteiger partial charge in [-0.15, -0.1) is 0 Å². The second kappa shape index (κ2) is 4.38. The van der Waals surface area contributed by atoms with Crippen LogP contribution in [0.4, 0.5) is 5.69 Å². The van der Waals surface area contributed by atoms with Crippen molar-refractivity contribution >= 4 is 16.6 Å². The summed E-state index contributed by atoms with van der Waals surface area (Å²) < 4.78 is 2.00. The van der Waals surface area contributed by atoms with Gasteiger partial charge in [-0.25, -0.2) is 0 Å². The Hall–Kier alpha value is -1.95. The lowest BCUT2D eigenvalue weighted by Crippen LogP contribution is -2.29. The molecule has 2 aromatic rings. The first kappa shape index (κ1) is 11.2. The summed E-state index contributed by atoms with van der Waals surface area (Å²) in [6.07, 6.45) is 3.81. The van der Waals surface area contributed by atoms with E-state index in [2.05, 4.69) is 10.4 Å².